The van der Waals surface area contributed by atoms with E-state index in [1.54, 1.807) is 30.8 Å². The van der Waals surface area contributed by atoms with Gasteiger partial charge in [0.05, 0.1) is 0 Å². The van der Waals surface area contributed by atoms with E-state index in [2.05, 4.69) is 64.0 Å². The SMILES string of the molecule is CSCCNC(=NCC(=O)N(C)C)NC1CCN(Cc2ccccc2)C(C)C1.I. The number of likely N-dealkylation sites (N-methyl/N-ethyl adjacent to an activating group) is 1. The summed E-state index contributed by atoms with van der Waals surface area (Å²) in [6.07, 6.45) is 4.23. The summed E-state index contributed by atoms with van der Waals surface area (Å²) in [5, 5.41) is 6.92. The number of piperidine rings is 1. The van der Waals surface area contributed by atoms with Crippen molar-refractivity contribution in [3.63, 3.8) is 0 Å². The summed E-state index contributed by atoms with van der Waals surface area (Å²) in [5.74, 6) is 1.77. The van der Waals surface area contributed by atoms with Gasteiger partial charge in [-0.05, 0) is 31.6 Å². The maximum absolute atomic E-state index is 11.9. The second kappa shape index (κ2) is 14.1. The number of amides is 1. The summed E-state index contributed by atoms with van der Waals surface area (Å²) < 4.78 is 0. The maximum atomic E-state index is 11.9. The predicted octanol–water partition coefficient (Wildman–Crippen LogP) is 2.64. The lowest BCUT2D eigenvalue weighted by Crippen LogP contribution is -2.51. The first-order valence-corrected chi connectivity index (χ1v) is 11.4. The molecule has 1 aromatic rings. The third-order valence-corrected chi connectivity index (χ3v) is 5.67. The molecule has 1 aliphatic heterocycles. The van der Waals surface area contributed by atoms with Crippen LogP contribution >= 0.6 is 35.7 Å². The predicted molar refractivity (Wildman–Crippen MR) is 135 cm³/mol. The summed E-state index contributed by atoms with van der Waals surface area (Å²) in [5.41, 5.74) is 1.36. The van der Waals surface area contributed by atoms with E-state index in [9.17, 15) is 4.79 Å². The number of thioether (sulfide) groups is 1. The number of benzene rings is 1. The highest BCUT2D eigenvalue weighted by Gasteiger charge is 2.26. The Kier molecular flexibility index (Phi) is 12.6. The van der Waals surface area contributed by atoms with Crippen molar-refractivity contribution >= 4 is 47.6 Å². The van der Waals surface area contributed by atoms with Gasteiger partial charge in [-0.1, -0.05) is 30.3 Å². The Bertz CT molecular complexity index is 629. The number of hydrogen-bond donors (Lipinski definition) is 2. The van der Waals surface area contributed by atoms with Crippen LogP contribution in [0.15, 0.2) is 35.3 Å². The van der Waals surface area contributed by atoms with Crippen molar-refractivity contribution in [2.75, 3.05) is 45.7 Å². The number of nitrogens with one attached hydrogen (secondary N) is 2. The first-order valence-electron chi connectivity index (χ1n) is 10.0. The van der Waals surface area contributed by atoms with Gasteiger partial charge in [-0.3, -0.25) is 9.69 Å². The van der Waals surface area contributed by atoms with Gasteiger partial charge in [0.2, 0.25) is 5.91 Å². The van der Waals surface area contributed by atoms with Crippen LogP contribution in [0.3, 0.4) is 0 Å². The van der Waals surface area contributed by atoms with Crippen LogP contribution in [-0.4, -0.2) is 79.5 Å². The number of hydrogen-bond acceptors (Lipinski definition) is 4. The Morgan fingerprint density at radius 3 is 2.66 bits per heavy atom. The molecule has 0 bridgehead atoms. The average Bonchev–Trinajstić information content (AvgIpc) is 2.68. The molecule has 1 amide bonds. The van der Waals surface area contributed by atoms with Gasteiger partial charge in [0.15, 0.2) is 5.96 Å². The van der Waals surface area contributed by atoms with E-state index in [4.69, 9.17) is 0 Å². The number of halogens is 1. The van der Waals surface area contributed by atoms with E-state index in [1.165, 1.54) is 5.56 Å². The first-order chi connectivity index (χ1) is 13.5. The molecule has 1 saturated heterocycles. The Morgan fingerprint density at radius 1 is 1.31 bits per heavy atom. The highest BCUT2D eigenvalue weighted by Crippen LogP contribution is 2.19. The molecule has 0 radical (unpaired) electrons. The molecule has 8 heteroatoms. The van der Waals surface area contributed by atoms with Gasteiger partial charge >= 0.3 is 0 Å². The normalized spacial score (nSPS) is 19.9. The summed E-state index contributed by atoms with van der Waals surface area (Å²) >= 11 is 1.79. The lowest BCUT2D eigenvalue weighted by molar-refractivity contribution is -0.127. The van der Waals surface area contributed by atoms with E-state index < -0.39 is 0 Å². The molecule has 6 nitrogen and oxygen atoms in total. The highest BCUT2D eigenvalue weighted by atomic mass is 127. The van der Waals surface area contributed by atoms with Crippen LogP contribution in [0.4, 0.5) is 0 Å². The molecule has 2 unspecified atom stereocenters. The van der Waals surface area contributed by atoms with Crippen molar-refractivity contribution in [3.05, 3.63) is 35.9 Å². The fourth-order valence-electron chi connectivity index (χ4n) is 3.31. The van der Waals surface area contributed by atoms with Crippen LogP contribution < -0.4 is 10.6 Å². The summed E-state index contributed by atoms with van der Waals surface area (Å²) in [6, 6.07) is 11.5. The minimum absolute atomic E-state index is 0. The molecule has 1 heterocycles. The van der Waals surface area contributed by atoms with Crippen molar-refractivity contribution in [1.29, 1.82) is 0 Å². The number of carbonyl (C=O) groups is 1. The van der Waals surface area contributed by atoms with Crippen molar-refractivity contribution in [2.45, 2.75) is 38.4 Å². The van der Waals surface area contributed by atoms with Gasteiger partial charge in [0, 0.05) is 51.6 Å². The number of nitrogens with zero attached hydrogens (tertiary/aromatic N) is 3. The minimum Gasteiger partial charge on any atom is -0.356 e. The first kappa shape index (κ1) is 26.0. The zero-order valence-electron chi connectivity index (χ0n) is 18.1. The van der Waals surface area contributed by atoms with Gasteiger partial charge in [0.1, 0.15) is 6.54 Å². The molecular weight excluding hydrogens is 497 g/mol. The fourth-order valence-corrected chi connectivity index (χ4v) is 3.62. The molecule has 2 atom stereocenters. The smallest absolute Gasteiger partial charge is 0.243 e. The van der Waals surface area contributed by atoms with E-state index in [-0.39, 0.29) is 36.4 Å². The topological polar surface area (TPSA) is 60.0 Å². The standard InChI is InChI=1S/C21H35N5OS.HI/c1-17-14-19(10-12-26(17)16-18-8-6-5-7-9-18)24-21(22-11-13-28-4)23-15-20(27)25(2)3;/h5-9,17,19H,10-16H2,1-4H3,(H2,22,23,24);1H. The number of rotatable bonds is 8. The van der Waals surface area contributed by atoms with E-state index in [1.807, 2.05) is 0 Å². The highest BCUT2D eigenvalue weighted by molar-refractivity contribution is 14.0. The Balaban J connectivity index is 0.00000420. The molecular formula is C21H36IN5OS. The molecule has 2 N–H and O–H groups in total. The molecule has 1 aliphatic rings. The second-order valence-electron chi connectivity index (χ2n) is 7.54. The molecule has 0 saturated carbocycles. The minimum atomic E-state index is 0. The summed E-state index contributed by atoms with van der Waals surface area (Å²) in [4.78, 5) is 20.5. The molecule has 0 spiro atoms. The van der Waals surface area contributed by atoms with Crippen LogP contribution in [0, 0.1) is 0 Å². The lowest BCUT2D eigenvalue weighted by atomic mass is 9.97. The van der Waals surface area contributed by atoms with Gasteiger partial charge in [-0.15, -0.1) is 24.0 Å². The monoisotopic (exact) mass is 533 g/mol. The van der Waals surface area contributed by atoms with E-state index in [0.29, 0.717) is 12.1 Å². The Hall–Kier alpha value is -1.000. The van der Waals surface area contributed by atoms with Crippen LogP contribution in [-0.2, 0) is 11.3 Å². The number of aliphatic imine (C=N–C) groups is 1. The maximum Gasteiger partial charge on any atom is 0.243 e. The van der Waals surface area contributed by atoms with Crippen molar-refractivity contribution in [3.8, 4) is 0 Å². The largest absolute Gasteiger partial charge is 0.356 e. The van der Waals surface area contributed by atoms with Gasteiger partial charge in [-0.2, -0.15) is 11.8 Å². The van der Waals surface area contributed by atoms with Crippen LogP contribution in [0.25, 0.3) is 0 Å². The quantitative estimate of drug-likeness (QED) is 0.233. The third-order valence-electron chi connectivity index (χ3n) is 5.05. The lowest BCUT2D eigenvalue weighted by Gasteiger charge is -2.38. The molecule has 0 aromatic heterocycles. The summed E-state index contributed by atoms with van der Waals surface area (Å²) in [7, 11) is 3.52. The van der Waals surface area contributed by atoms with Crippen LogP contribution in [0.1, 0.15) is 25.3 Å². The summed E-state index contributed by atoms with van der Waals surface area (Å²) in [6.45, 7) is 5.36. The van der Waals surface area contributed by atoms with Crippen molar-refractivity contribution in [1.82, 2.24) is 20.4 Å². The molecule has 164 valence electrons. The van der Waals surface area contributed by atoms with Crippen molar-refractivity contribution < 1.29 is 4.79 Å². The van der Waals surface area contributed by atoms with Gasteiger partial charge < -0.3 is 15.5 Å². The molecule has 1 fully saturated rings. The fraction of sp³-hybridized carbons (Fsp3) is 0.619. The molecule has 1 aromatic carbocycles. The molecule has 0 aliphatic carbocycles. The zero-order valence-corrected chi connectivity index (χ0v) is 21.2. The van der Waals surface area contributed by atoms with Crippen LogP contribution in [0.2, 0.25) is 0 Å². The molecule has 29 heavy (non-hydrogen) atoms. The zero-order chi connectivity index (χ0) is 20.4. The van der Waals surface area contributed by atoms with E-state index in [0.717, 1.165) is 44.2 Å². The Labute approximate surface area is 197 Å². The van der Waals surface area contributed by atoms with Crippen LogP contribution in [0.5, 0.6) is 0 Å². The van der Waals surface area contributed by atoms with Gasteiger partial charge in [0.25, 0.3) is 0 Å². The number of guanidine groups is 1. The number of carbonyl (C=O) groups excluding carboxylic acids is 1. The molecule has 2 rings (SSSR count). The number of likely N-dealkylation sites (tertiary alicyclic amines) is 1. The third kappa shape index (κ3) is 9.57. The second-order valence-corrected chi connectivity index (χ2v) is 8.53. The average molecular weight is 534 g/mol. The van der Waals surface area contributed by atoms with Crippen molar-refractivity contribution in [2.24, 2.45) is 4.99 Å². The van der Waals surface area contributed by atoms with E-state index >= 15 is 0 Å². The Morgan fingerprint density at radius 2 is 2.03 bits per heavy atom. The van der Waals surface area contributed by atoms with Gasteiger partial charge in [-0.25, -0.2) is 4.99 Å².